The Morgan fingerprint density at radius 3 is 2.44 bits per heavy atom. The van der Waals surface area contributed by atoms with Crippen LogP contribution in [0.4, 0.5) is 14.9 Å². The molecule has 3 aliphatic carbocycles. The minimum absolute atomic E-state index is 0.00990. The molecule has 5 rings (SSSR count). The third-order valence-corrected chi connectivity index (χ3v) is 7.87. The summed E-state index contributed by atoms with van der Waals surface area (Å²) in [6.45, 7) is -0.210. The highest BCUT2D eigenvalue weighted by Gasteiger charge is 2.51. The van der Waals surface area contributed by atoms with Crippen LogP contribution in [0.1, 0.15) is 29.5 Å². The van der Waals surface area contributed by atoms with Gasteiger partial charge in [0, 0.05) is 43.9 Å². The van der Waals surface area contributed by atoms with Crippen LogP contribution in [-0.2, 0) is 27.3 Å². The second-order valence-electron chi connectivity index (χ2n) is 10.6. The maximum atomic E-state index is 13.7. The third kappa shape index (κ3) is 4.75. The summed E-state index contributed by atoms with van der Waals surface area (Å²) in [6, 6.07) is 6.48. The lowest BCUT2D eigenvalue weighted by atomic mass is 9.61. The number of Topliss-reactive ketones (excluding diaryl/α,β-unsaturated/α-hetero) is 2. The Hall–Kier alpha value is -4.87. The normalized spacial score (nSPS) is 21.6. The zero-order valence-corrected chi connectivity index (χ0v) is 22.2. The number of fused-ring (bicyclic) bond motifs is 3. The van der Waals surface area contributed by atoms with Crippen molar-refractivity contribution in [2.75, 3.05) is 19.0 Å². The van der Waals surface area contributed by atoms with Crippen LogP contribution in [0.25, 0.3) is 5.76 Å². The highest BCUT2D eigenvalue weighted by Crippen LogP contribution is 2.52. The van der Waals surface area contributed by atoms with Crippen LogP contribution in [0, 0.1) is 23.6 Å². The van der Waals surface area contributed by atoms with Gasteiger partial charge in [0.05, 0.1) is 11.5 Å². The maximum Gasteiger partial charge on any atom is 0.412 e. The molecular weight excluding hydrogens is 537 g/mol. The van der Waals surface area contributed by atoms with Gasteiger partial charge in [0.1, 0.15) is 34.4 Å². The predicted molar refractivity (Wildman–Crippen MR) is 144 cm³/mol. The number of rotatable bonds is 5. The number of primary amides is 1. The maximum absolute atomic E-state index is 13.7. The van der Waals surface area contributed by atoms with E-state index in [0.717, 1.165) is 12.1 Å². The van der Waals surface area contributed by atoms with Crippen molar-refractivity contribution < 1.29 is 43.6 Å². The number of benzene rings is 2. The van der Waals surface area contributed by atoms with Crippen LogP contribution in [0.5, 0.6) is 11.5 Å². The van der Waals surface area contributed by atoms with E-state index < -0.39 is 64.2 Å². The molecule has 1 fully saturated rings. The van der Waals surface area contributed by atoms with E-state index in [1.807, 2.05) is 0 Å². The van der Waals surface area contributed by atoms with Gasteiger partial charge in [0.25, 0.3) is 5.91 Å². The number of phenols is 1. The van der Waals surface area contributed by atoms with E-state index in [9.17, 15) is 38.9 Å². The standard InChI is InChI=1S/C29H28FN3O8/c1-33(2)18-9-14(11-32-29(40)41-16-5-3-15(30)4-6-16)24(35)22-17(18)8-12-7-13-10-19(34)23(28(31)39)27(38)21(13)25(36)20(12)26(22)37/h3-6,9,12-13,21,35,37-38H,7-8,10-11H2,1-2H3,(H2,31,39)(H,32,40). The van der Waals surface area contributed by atoms with E-state index in [1.165, 1.54) is 12.1 Å². The molecule has 3 aliphatic rings. The quantitative estimate of drug-likeness (QED) is 0.341. The molecule has 1 saturated carbocycles. The van der Waals surface area contributed by atoms with Gasteiger partial charge in [-0.25, -0.2) is 9.18 Å². The summed E-state index contributed by atoms with van der Waals surface area (Å²) in [6.07, 6.45) is -0.466. The number of nitrogens with two attached hydrogens (primary N) is 1. The first kappa shape index (κ1) is 27.7. The second kappa shape index (κ2) is 10.3. The molecule has 3 atom stereocenters. The number of ether oxygens (including phenoxy) is 1. The molecule has 0 heterocycles. The van der Waals surface area contributed by atoms with Crippen molar-refractivity contribution in [3.8, 4) is 11.5 Å². The molecule has 2 aromatic carbocycles. The highest BCUT2D eigenvalue weighted by atomic mass is 19.1. The van der Waals surface area contributed by atoms with Gasteiger partial charge in [0.15, 0.2) is 11.6 Å². The van der Waals surface area contributed by atoms with Gasteiger partial charge in [-0.3, -0.25) is 14.4 Å². The number of aromatic hydroxyl groups is 1. The minimum Gasteiger partial charge on any atom is -0.511 e. The number of nitrogens with zero attached hydrogens (tertiary/aromatic N) is 1. The van der Waals surface area contributed by atoms with Crippen molar-refractivity contribution in [1.82, 2.24) is 5.32 Å². The van der Waals surface area contributed by atoms with E-state index >= 15 is 0 Å². The van der Waals surface area contributed by atoms with E-state index in [2.05, 4.69) is 5.32 Å². The summed E-state index contributed by atoms with van der Waals surface area (Å²) >= 11 is 0. The Morgan fingerprint density at radius 2 is 1.80 bits per heavy atom. The number of carbonyl (C=O) groups is 4. The van der Waals surface area contributed by atoms with Crippen molar-refractivity contribution in [2.24, 2.45) is 23.5 Å². The van der Waals surface area contributed by atoms with E-state index in [0.29, 0.717) is 11.3 Å². The molecule has 12 heteroatoms. The molecule has 0 aromatic heterocycles. The monoisotopic (exact) mass is 565 g/mol. The molecule has 2 aromatic rings. The first-order valence-corrected chi connectivity index (χ1v) is 12.9. The van der Waals surface area contributed by atoms with Crippen molar-refractivity contribution in [1.29, 1.82) is 0 Å². The average molecular weight is 566 g/mol. The van der Waals surface area contributed by atoms with E-state index in [-0.39, 0.29) is 54.0 Å². The molecule has 41 heavy (non-hydrogen) atoms. The van der Waals surface area contributed by atoms with Crippen molar-refractivity contribution in [3.63, 3.8) is 0 Å². The number of ketones is 2. The summed E-state index contributed by atoms with van der Waals surface area (Å²) in [5.41, 5.74) is 6.10. The van der Waals surface area contributed by atoms with Crippen LogP contribution in [0.15, 0.2) is 47.2 Å². The van der Waals surface area contributed by atoms with E-state index in [1.54, 1.807) is 25.1 Å². The number of nitrogens with one attached hydrogen (secondary N) is 1. The third-order valence-electron chi connectivity index (χ3n) is 7.87. The number of carbonyl (C=O) groups excluding carboxylic acids is 4. The Kier molecular flexibility index (Phi) is 6.93. The molecule has 0 spiro atoms. The summed E-state index contributed by atoms with van der Waals surface area (Å²) < 4.78 is 18.2. The molecule has 3 unspecified atom stereocenters. The second-order valence-corrected chi connectivity index (χ2v) is 10.6. The first-order valence-electron chi connectivity index (χ1n) is 12.9. The molecule has 2 amide bonds. The Bertz CT molecular complexity index is 1560. The molecule has 0 bridgehead atoms. The molecule has 0 radical (unpaired) electrons. The summed E-state index contributed by atoms with van der Waals surface area (Å²) in [4.78, 5) is 52.1. The lowest BCUT2D eigenvalue weighted by Gasteiger charge is -2.41. The van der Waals surface area contributed by atoms with Gasteiger partial charge < -0.3 is 36.0 Å². The molecule has 214 valence electrons. The Balaban J connectivity index is 1.51. The van der Waals surface area contributed by atoms with Gasteiger partial charge in [-0.2, -0.15) is 0 Å². The number of halogens is 1. The molecule has 11 nitrogen and oxygen atoms in total. The number of aliphatic hydroxyl groups excluding tert-OH is 2. The zero-order valence-electron chi connectivity index (χ0n) is 22.2. The van der Waals surface area contributed by atoms with Crippen LogP contribution in [-0.4, -0.2) is 53.0 Å². The number of anilines is 1. The summed E-state index contributed by atoms with van der Waals surface area (Å²) in [5, 5.41) is 35.9. The van der Waals surface area contributed by atoms with Gasteiger partial charge in [-0.05, 0) is 60.6 Å². The topological polar surface area (TPSA) is 179 Å². The fraction of sp³-hybridized carbons (Fsp3) is 0.310. The fourth-order valence-corrected chi connectivity index (χ4v) is 6.09. The lowest BCUT2D eigenvalue weighted by molar-refractivity contribution is -0.127. The number of aliphatic hydroxyl groups is 2. The van der Waals surface area contributed by atoms with Crippen LogP contribution in [0.2, 0.25) is 0 Å². The van der Waals surface area contributed by atoms with Crippen molar-refractivity contribution in [3.05, 3.63) is 69.7 Å². The zero-order chi connectivity index (χ0) is 29.7. The van der Waals surface area contributed by atoms with Crippen molar-refractivity contribution in [2.45, 2.75) is 25.8 Å². The van der Waals surface area contributed by atoms with E-state index in [4.69, 9.17) is 10.5 Å². The molecule has 0 saturated heterocycles. The van der Waals surface area contributed by atoms with Crippen LogP contribution in [0.3, 0.4) is 0 Å². The number of amides is 2. The summed E-state index contributed by atoms with van der Waals surface area (Å²) in [7, 11) is 3.53. The Morgan fingerprint density at radius 1 is 1.12 bits per heavy atom. The first-order chi connectivity index (χ1) is 19.4. The fourth-order valence-electron chi connectivity index (χ4n) is 6.09. The Labute approximate surface area is 233 Å². The predicted octanol–water partition coefficient (Wildman–Crippen LogP) is 2.80. The lowest BCUT2D eigenvalue weighted by Crippen LogP contribution is -2.44. The van der Waals surface area contributed by atoms with Gasteiger partial charge in [0.2, 0.25) is 0 Å². The molecule has 0 aliphatic heterocycles. The smallest absolute Gasteiger partial charge is 0.412 e. The molecule has 6 N–H and O–H groups in total. The molecular formula is C29H28FN3O8. The number of hydrogen-bond acceptors (Lipinski definition) is 9. The van der Waals surface area contributed by atoms with Gasteiger partial charge in [-0.15, -0.1) is 0 Å². The number of phenolic OH excluding ortho intramolecular Hbond substituents is 1. The van der Waals surface area contributed by atoms with Crippen LogP contribution < -0.4 is 20.7 Å². The largest absolute Gasteiger partial charge is 0.511 e. The van der Waals surface area contributed by atoms with Gasteiger partial charge >= 0.3 is 6.09 Å². The van der Waals surface area contributed by atoms with Crippen molar-refractivity contribution >= 4 is 35.0 Å². The summed E-state index contributed by atoms with van der Waals surface area (Å²) in [5.74, 6) is -6.60. The number of hydrogen-bond donors (Lipinski definition) is 5. The highest BCUT2D eigenvalue weighted by molar-refractivity contribution is 6.21. The van der Waals surface area contributed by atoms with Crippen LogP contribution >= 0.6 is 0 Å². The number of allylic oxidation sites excluding steroid dienone is 2. The van der Waals surface area contributed by atoms with Gasteiger partial charge in [-0.1, -0.05) is 0 Å². The SMILES string of the molecule is CN(C)c1cc(CNC(=O)Oc2ccc(F)cc2)c(O)c2c1CC1CC3CC(=O)C(C(N)=O)=C(O)C3C(=O)C1=C2O. The average Bonchev–Trinajstić information content (AvgIpc) is 2.88. The minimum atomic E-state index is -1.22.